The summed E-state index contributed by atoms with van der Waals surface area (Å²) in [6.45, 7) is 3.41. The van der Waals surface area contributed by atoms with E-state index in [4.69, 9.17) is 11.5 Å². The lowest BCUT2D eigenvalue weighted by Gasteiger charge is -2.29. The van der Waals surface area contributed by atoms with Gasteiger partial charge in [0.25, 0.3) is 0 Å². The number of piperazine rings is 1. The van der Waals surface area contributed by atoms with Gasteiger partial charge in [0.05, 0.1) is 6.04 Å². The normalized spacial score (nSPS) is 20.7. The summed E-state index contributed by atoms with van der Waals surface area (Å²) in [4.78, 5) is 13.2. The zero-order valence-electron chi connectivity index (χ0n) is 7.12. The molecule has 1 heterocycles. The van der Waals surface area contributed by atoms with E-state index in [-0.39, 0.29) is 12.5 Å². The number of rotatable bonds is 2. The highest BCUT2D eigenvalue weighted by atomic mass is 16.2. The minimum absolute atomic E-state index is 0.0287. The lowest BCUT2D eigenvalue weighted by atomic mass is 10.2. The Bertz CT molecular complexity index is 155. The molecule has 1 atom stereocenters. The van der Waals surface area contributed by atoms with Gasteiger partial charge in [-0.1, -0.05) is 0 Å². The van der Waals surface area contributed by atoms with Gasteiger partial charge in [-0.25, -0.2) is 0 Å². The van der Waals surface area contributed by atoms with Crippen molar-refractivity contribution in [2.75, 3.05) is 32.7 Å². The Kier molecular flexibility index (Phi) is 3.46. The smallest absolute Gasteiger partial charge is 0.240 e. The molecule has 0 bridgehead atoms. The van der Waals surface area contributed by atoms with Crippen molar-refractivity contribution in [1.29, 1.82) is 0 Å². The molecule has 1 aliphatic heterocycles. The Hall–Kier alpha value is -0.650. The fraction of sp³-hybridized carbons (Fsp3) is 0.857. The molecular weight excluding hydrogens is 156 g/mol. The van der Waals surface area contributed by atoms with Gasteiger partial charge < -0.3 is 21.7 Å². The number of nitrogens with zero attached hydrogens (tertiary/aromatic N) is 1. The van der Waals surface area contributed by atoms with Crippen LogP contribution in [0.1, 0.15) is 0 Å². The monoisotopic (exact) mass is 172 g/mol. The van der Waals surface area contributed by atoms with E-state index in [0.29, 0.717) is 0 Å². The third-order valence-electron chi connectivity index (χ3n) is 2.00. The quantitative estimate of drug-likeness (QED) is 0.437. The van der Waals surface area contributed by atoms with Gasteiger partial charge in [0.1, 0.15) is 0 Å². The minimum Gasteiger partial charge on any atom is -0.339 e. The van der Waals surface area contributed by atoms with Gasteiger partial charge in [-0.05, 0) is 0 Å². The van der Waals surface area contributed by atoms with Gasteiger partial charge >= 0.3 is 0 Å². The summed E-state index contributed by atoms with van der Waals surface area (Å²) >= 11 is 0. The number of hydrogen-bond acceptors (Lipinski definition) is 4. The van der Waals surface area contributed by atoms with E-state index in [9.17, 15) is 4.79 Å². The Balaban J connectivity index is 2.39. The molecule has 0 spiro atoms. The molecule has 1 fully saturated rings. The second-order valence-electron chi connectivity index (χ2n) is 2.92. The number of nitrogens with two attached hydrogens (primary N) is 2. The van der Waals surface area contributed by atoms with E-state index in [1.165, 1.54) is 0 Å². The summed E-state index contributed by atoms with van der Waals surface area (Å²) in [6.07, 6.45) is 0. The van der Waals surface area contributed by atoms with Crippen LogP contribution < -0.4 is 16.8 Å². The summed E-state index contributed by atoms with van der Waals surface area (Å²) < 4.78 is 0. The molecule has 5 heteroatoms. The van der Waals surface area contributed by atoms with Gasteiger partial charge in [0, 0.05) is 32.7 Å². The summed E-state index contributed by atoms with van der Waals surface area (Å²) in [6, 6.07) is -0.525. The number of carbonyl (C=O) groups excluding carboxylic acids is 1. The van der Waals surface area contributed by atoms with Crippen LogP contribution in [-0.2, 0) is 4.79 Å². The van der Waals surface area contributed by atoms with Gasteiger partial charge in [0.2, 0.25) is 5.91 Å². The van der Waals surface area contributed by atoms with E-state index in [1.54, 1.807) is 4.90 Å². The first kappa shape index (κ1) is 9.44. The molecule has 1 saturated heterocycles. The summed E-state index contributed by atoms with van der Waals surface area (Å²) in [5, 5.41) is 3.16. The third-order valence-corrected chi connectivity index (χ3v) is 2.00. The Morgan fingerprint density at radius 1 is 1.50 bits per heavy atom. The molecular formula is C7H16N4O. The number of carbonyl (C=O) groups is 1. The number of nitrogens with one attached hydrogen (secondary N) is 1. The third kappa shape index (κ3) is 2.17. The highest BCUT2D eigenvalue weighted by Gasteiger charge is 2.20. The first-order valence-electron chi connectivity index (χ1n) is 4.21. The molecule has 0 saturated carbocycles. The van der Waals surface area contributed by atoms with Gasteiger partial charge in [0.15, 0.2) is 0 Å². The predicted molar refractivity (Wildman–Crippen MR) is 46.5 cm³/mol. The van der Waals surface area contributed by atoms with Crippen LogP contribution in [0.4, 0.5) is 0 Å². The maximum Gasteiger partial charge on any atom is 0.240 e. The lowest BCUT2D eigenvalue weighted by molar-refractivity contribution is -0.132. The average Bonchev–Trinajstić information content (AvgIpc) is 2.17. The molecule has 0 aromatic rings. The molecule has 5 N–H and O–H groups in total. The molecule has 0 aliphatic carbocycles. The molecule has 70 valence electrons. The standard InChI is InChI=1S/C7H16N4O/c8-5-6(9)7(12)11-3-1-10-2-4-11/h6,10H,1-5,8-9H2/t6-/m0/s1. The molecule has 5 nitrogen and oxygen atoms in total. The van der Waals surface area contributed by atoms with Gasteiger partial charge in [-0.15, -0.1) is 0 Å². The van der Waals surface area contributed by atoms with Gasteiger partial charge in [-0.3, -0.25) is 4.79 Å². The minimum atomic E-state index is -0.525. The fourth-order valence-corrected chi connectivity index (χ4v) is 1.22. The Morgan fingerprint density at radius 3 is 2.58 bits per heavy atom. The van der Waals surface area contributed by atoms with Crippen LogP contribution in [-0.4, -0.2) is 49.6 Å². The van der Waals surface area contributed by atoms with Crippen molar-refractivity contribution >= 4 is 5.91 Å². The van der Waals surface area contributed by atoms with E-state index < -0.39 is 6.04 Å². The van der Waals surface area contributed by atoms with Crippen LogP contribution in [0.5, 0.6) is 0 Å². The van der Waals surface area contributed by atoms with Crippen molar-refractivity contribution in [3.05, 3.63) is 0 Å². The van der Waals surface area contributed by atoms with Crippen molar-refractivity contribution < 1.29 is 4.79 Å². The first-order valence-corrected chi connectivity index (χ1v) is 4.21. The molecule has 1 aliphatic rings. The molecule has 0 aromatic carbocycles. The molecule has 12 heavy (non-hydrogen) atoms. The van der Waals surface area contributed by atoms with Crippen molar-refractivity contribution in [2.45, 2.75) is 6.04 Å². The SMILES string of the molecule is NC[C@H](N)C(=O)N1CCNCC1. The number of amides is 1. The highest BCUT2D eigenvalue weighted by Crippen LogP contribution is 1.94. The topological polar surface area (TPSA) is 84.4 Å². The molecule has 0 aromatic heterocycles. The van der Waals surface area contributed by atoms with Crippen molar-refractivity contribution in [3.8, 4) is 0 Å². The molecule has 1 rings (SSSR count). The maximum absolute atomic E-state index is 11.4. The summed E-state index contributed by atoms with van der Waals surface area (Å²) in [7, 11) is 0. The van der Waals surface area contributed by atoms with E-state index in [0.717, 1.165) is 26.2 Å². The second-order valence-corrected chi connectivity index (χ2v) is 2.92. The summed E-state index contributed by atoms with van der Waals surface area (Å²) in [5.41, 5.74) is 10.8. The zero-order chi connectivity index (χ0) is 8.97. The van der Waals surface area contributed by atoms with E-state index >= 15 is 0 Å². The number of hydrogen-bond donors (Lipinski definition) is 3. The molecule has 0 radical (unpaired) electrons. The molecule has 0 unspecified atom stereocenters. The van der Waals surface area contributed by atoms with Crippen LogP contribution in [0, 0.1) is 0 Å². The van der Waals surface area contributed by atoms with Crippen LogP contribution >= 0.6 is 0 Å². The predicted octanol–water partition coefficient (Wildman–Crippen LogP) is -2.30. The lowest BCUT2D eigenvalue weighted by Crippen LogP contribution is -2.53. The van der Waals surface area contributed by atoms with Crippen LogP contribution in [0.2, 0.25) is 0 Å². The van der Waals surface area contributed by atoms with Crippen molar-refractivity contribution in [1.82, 2.24) is 10.2 Å². The zero-order valence-corrected chi connectivity index (χ0v) is 7.12. The van der Waals surface area contributed by atoms with Crippen LogP contribution in [0.15, 0.2) is 0 Å². The van der Waals surface area contributed by atoms with Crippen molar-refractivity contribution in [2.24, 2.45) is 11.5 Å². The van der Waals surface area contributed by atoms with E-state index in [2.05, 4.69) is 5.32 Å². The van der Waals surface area contributed by atoms with Crippen LogP contribution in [0.3, 0.4) is 0 Å². The highest BCUT2D eigenvalue weighted by molar-refractivity contribution is 5.82. The Labute approximate surface area is 72.1 Å². The van der Waals surface area contributed by atoms with Gasteiger partial charge in [-0.2, -0.15) is 0 Å². The second kappa shape index (κ2) is 4.39. The molecule has 1 amide bonds. The fourth-order valence-electron chi connectivity index (χ4n) is 1.22. The maximum atomic E-state index is 11.4. The first-order chi connectivity index (χ1) is 5.75. The summed E-state index contributed by atoms with van der Waals surface area (Å²) in [5.74, 6) is -0.0287. The largest absolute Gasteiger partial charge is 0.339 e. The van der Waals surface area contributed by atoms with E-state index in [1.807, 2.05) is 0 Å². The van der Waals surface area contributed by atoms with Crippen LogP contribution in [0.25, 0.3) is 0 Å². The van der Waals surface area contributed by atoms with Crippen molar-refractivity contribution in [3.63, 3.8) is 0 Å². The average molecular weight is 172 g/mol. The Morgan fingerprint density at radius 2 is 2.08 bits per heavy atom.